The van der Waals surface area contributed by atoms with Crippen LogP contribution in [-0.4, -0.2) is 55.3 Å². The van der Waals surface area contributed by atoms with Gasteiger partial charge in [0.1, 0.15) is 0 Å². The summed E-state index contributed by atoms with van der Waals surface area (Å²) in [5.74, 6) is 0.0651. The number of ketones is 1. The highest BCUT2D eigenvalue weighted by molar-refractivity contribution is 5.93. The summed E-state index contributed by atoms with van der Waals surface area (Å²) in [5, 5.41) is 3.36. The van der Waals surface area contributed by atoms with Gasteiger partial charge < -0.3 is 10.1 Å². The molecule has 218 valence electrons. The van der Waals surface area contributed by atoms with Crippen LogP contribution in [0.15, 0.2) is 47.1 Å². The average Bonchev–Trinajstić information content (AvgIpc) is 3.23. The zero-order valence-electron chi connectivity index (χ0n) is 22.8. The van der Waals surface area contributed by atoms with Crippen molar-refractivity contribution in [3.05, 3.63) is 58.2 Å². The number of halogens is 5. The quantitative estimate of drug-likeness (QED) is 0.413. The van der Waals surface area contributed by atoms with Gasteiger partial charge in [-0.15, -0.1) is 0 Å². The Bertz CT molecular complexity index is 1200. The van der Waals surface area contributed by atoms with Gasteiger partial charge in [0, 0.05) is 45.1 Å². The number of fused-ring (bicyclic) bond motifs is 4. The van der Waals surface area contributed by atoms with Crippen molar-refractivity contribution in [3.63, 3.8) is 0 Å². The molecule has 3 fully saturated rings. The second kappa shape index (κ2) is 10.3. The minimum absolute atomic E-state index is 0.0357. The number of rotatable bonds is 5. The first-order valence-electron chi connectivity index (χ1n) is 14.6. The molecule has 2 saturated carbocycles. The fourth-order valence-corrected chi connectivity index (χ4v) is 8.33. The molecular weight excluding hydrogens is 527 g/mol. The summed E-state index contributed by atoms with van der Waals surface area (Å²) >= 11 is 0. The third-order valence-electron chi connectivity index (χ3n) is 10.3. The maximum absolute atomic E-state index is 14.2. The summed E-state index contributed by atoms with van der Waals surface area (Å²) < 4.78 is 72.4. The van der Waals surface area contributed by atoms with E-state index < -0.39 is 23.8 Å². The molecule has 9 heteroatoms. The zero-order chi connectivity index (χ0) is 28.3. The van der Waals surface area contributed by atoms with Crippen molar-refractivity contribution >= 4 is 5.78 Å². The van der Waals surface area contributed by atoms with Crippen molar-refractivity contribution in [1.82, 2.24) is 10.2 Å². The number of piperazine rings is 1. The number of alkyl halides is 5. The van der Waals surface area contributed by atoms with Crippen LogP contribution in [0.1, 0.15) is 68.9 Å². The molecule has 1 N–H and O–H groups in total. The molecule has 0 bridgehead atoms. The Morgan fingerprint density at radius 1 is 1.00 bits per heavy atom. The third kappa shape index (κ3) is 4.96. The van der Waals surface area contributed by atoms with E-state index in [1.807, 2.05) is 6.92 Å². The number of allylic oxidation sites excluding steroid dienone is 4. The highest BCUT2D eigenvalue weighted by Crippen LogP contribution is 2.65. The number of nitrogens with one attached hydrogen (secondary N) is 1. The molecule has 1 aliphatic heterocycles. The van der Waals surface area contributed by atoms with Crippen LogP contribution in [0.25, 0.3) is 0 Å². The summed E-state index contributed by atoms with van der Waals surface area (Å²) in [6, 6.07) is 8.46. The van der Waals surface area contributed by atoms with Gasteiger partial charge >= 0.3 is 12.3 Å². The van der Waals surface area contributed by atoms with Gasteiger partial charge in [-0.3, -0.25) is 9.69 Å². The van der Waals surface area contributed by atoms with Gasteiger partial charge in [0.25, 0.3) is 0 Å². The Hall–Kier alpha value is -2.10. The van der Waals surface area contributed by atoms with Crippen molar-refractivity contribution in [2.75, 3.05) is 26.2 Å². The van der Waals surface area contributed by atoms with E-state index in [1.165, 1.54) is 16.7 Å². The Kier molecular flexibility index (Phi) is 7.23. The second-order valence-corrected chi connectivity index (χ2v) is 12.6. The lowest BCUT2D eigenvalue weighted by atomic mass is 9.53. The van der Waals surface area contributed by atoms with Gasteiger partial charge in [-0.25, -0.2) is 0 Å². The Morgan fingerprint density at radius 3 is 2.42 bits per heavy atom. The Morgan fingerprint density at radius 2 is 1.73 bits per heavy atom. The van der Waals surface area contributed by atoms with Crippen LogP contribution < -0.4 is 5.32 Å². The van der Waals surface area contributed by atoms with Crippen LogP contribution in [0.5, 0.6) is 0 Å². The molecule has 0 radical (unpaired) electrons. The first-order valence-corrected chi connectivity index (χ1v) is 14.6. The molecule has 4 nitrogen and oxygen atoms in total. The highest BCUT2D eigenvalue weighted by Gasteiger charge is 2.65. The molecule has 1 heterocycles. The van der Waals surface area contributed by atoms with Gasteiger partial charge in [0.15, 0.2) is 5.78 Å². The van der Waals surface area contributed by atoms with Crippen LogP contribution in [0, 0.1) is 17.3 Å². The van der Waals surface area contributed by atoms with Crippen LogP contribution in [-0.2, 0) is 16.1 Å². The van der Waals surface area contributed by atoms with E-state index in [0.717, 1.165) is 56.7 Å². The minimum atomic E-state index is -5.75. The number of benzene rings is 1. The standard InChI is InChI=1S/C31H37F5N2O2/c1-29-17-25(20-4-2-19(3-5-20)18-38-14-12-37-13-15-38)28-23-9-7-22(39)16-21(23)6-8-24(28)26(29)10-11-27(29)40-31(35,36)30(32,33)34/h2-5,16,24-27,37H,6-15,17-18H2,1H3/t24?,25?,26?,27?,29-/m0/s1. The van der Waals surface area contributed by atoms with E-state index in [2.05, 4.69) is 39.2 Å². The molecule has 0 amide bonds. The van der Waals surface area contributed by atoms with Gasteiger partial charge in [0.2, 0.25) is 0 Å². The van der Waals surface area contributed by atoms with E-state index in [1.54, 1.807) is 6.08 Å². The average molecular weight is 565 g/mol. The number of nitrogens with zero attached hydrogens (tertiary/aromatic N) is 1. The smallest absolute Gasteiger partial charge is 0.314 e. The predicted molar refractivity (Wildman–Crippen MR) is 141 cm³/mol. The fourth-order valence-electron chi connectivity index (χ4n) is 8.33. The highest BCUT2D eigenvalue weighted by atomic mass is 19.4. The Balaban J connectivity index is 1.35. The first kappa shape index (κ1) is 28.0. The topological polar surface area (TPSA) is 41.6 Å². The number of hydrogen-bond acceptors (Lipinski definition) is 4. The number of carbonyl (C=O) groups is 1. The van der Waals surface area contributed by atoms with Gasteiger partial charge in [-0.1, -0.05) is 36.8 Å². The maximum Gasteiger partial charge on any atom is 0.482 e. The molecule has 0 aromatic heterocycles. The molecule has 1 aromatic carbocycles. The maximum atomic E-state index is 14.2. The summed E-state index contributed by atoms with van der Waals surface area (Å²) in [5.41, 5.74) is 5.02. The summed E-state index contributed by atoms with van der Waals surface area (Å²) in [6.07, 6.45) is -6.50. The van der Waals surface area contributed by atoms with Gasteiger partial charge in [0.05, 0.1) is 6.10 Å². The molecule has 4 aliphatic carbocycles. The van der Waals surface area contributed by atoms with Crippen molar-refractivity contribution in [2.45, 2.75) is 82.7 Å². The van der Waals surface area contributed by atoms with Gasteiger partial charge in [-0.2, -0.15) is 22.0 Å². The van der Waals surface area contributed by atoms with Crippen LogP contribution in [0.4, 0.5) is 22.0 Å². The zero-order valence-corrected chi connectivity index (χ0v) is 22.8. The van der Waals surface area contributed by atoms with E-state index in [0.29, 0.717) is 25.7 Å². The van der Waals surface area contributed by atoms with E-state index >= 15 is 0 Å². The minimum Gasteiger partial charge on any atom is -0.314 e. The normalized spacial score (nSPS) is 33.4. The summed E-state index contributed by atoms with van der Waals surface area (Å²) in [7, 11) is 0. The van der Waals surface area contributed by atoms with Gasteiger partial charge in [-0.05, 0) is 84.1 Å². The van der Waals surface area contributed by atoms with Crippen LogP contribution in [0.2, 0.25) is 0 Å². The molecule has 5 aliphatic rings. The van der Waals surface area contributed by atoms with Crippen LogP contribution >= 0.6 is 0 Å². The van der Waals surface area contributed by atoms with Crippen LogP contribution in [0.3, 0.4) is 0 Å². The lowest BCUT2D eigenvalue weighted by molar-refractivity contribution is -0.408. The lowest BCUT2D eigenvalue weighted by Crippen LogP contribution is -2.50. The van der Waals surface area contributed by atoms with E-state index in [4.69, 9.17) is 0 Å². The lowest BCUT2D eigenvalue weighted by Gasteiger charge is -2.52. The molecular formula is C31H37F5N2O2. The SMILES string of the molecule is C[C@]12CC(c3ccc(CN4CCNCC4)cc3)C3=C4CCC(=O)C=C4CCC3C1CCC2OC(F)(F)C(F)(F)F. The summed E-state index contributed by atoms with van der Waals surface area (Å²) in [4.78, 5) is 14.6. The first-order chi connectivity index (χ1) is 19.0. The molecule has 1 aromatic rings. The largest absolute Gasteiger partial charge is 0.482 e. The van der Waals surface area contributed by atoms with Crippen molar-refractivity contribution in [3.8, 4) is 0 Å². The number of hydrogen-bond donors (Lipinski definition) is 1. The molecule has 4 unspecified atom stereocenters. The predicted octanol–water partition coefficient (Wildman–Crippen LogP) is 6.53. The molecule has 40 heavy (non-hydrogen) atoms. The molecule has 5 atom stereocenters. The molecule has 1 saturated heterocycles. The van der Waals surface area contributed by atoms with E-state index in [9.17, 15) is 26.7 Å². The number of ether oxygens (including phenoxy) is 1. The monoisotopic (exact) mass is 564 g/mol. The van der Waals surface area contributed by atoms with E-state index in [-0.39, 0.29) is 30.0 Å². The van der Waals surface area contributed by atoms with Crippen molar-refractivity contribution in [1.29, 1.82) is 0 Å². The molecule has 6 rings (SSSR count). The molecule has 0 spiro atoms. The Labute approximate surface area is 232 Å². The fraction of sp³-hybridized carbons (Fsp3) is 0.645. The third-order valence-corrected chi connectivity index (χ3v) is 10.3. The summed E-state index contributed by atoms with van der Waals surface area (Å²) in [6.45, 7) is 6.62. The number of carbonyl (C=O) groups excluding carboxylic acids is 1. The van der Waals surface area contributed by atoms with Crippen molar-refractivity contribution in [2.24, 2.45) is 17.3 Å². The second-order valence-electron chi connectivity index (χ2n) is 12.6. The van der Waals surface area contributed by atoms with Crippen molar-refractivity contribution < 1.29 is 31.5 Å².